The predicted molar refractivity (Wildman–Crippen MR) is 87.3 cm³/mol. The Morgan fingerprint density at radius 2 is 2.29 bits per heavy atom. The van der Waals surface area contributed by atoms with Crippen LogP contribution < -0.4 is 10.1 Å². The van der Waals surface area contributed by atoms with Crippen LogP contribution in [0.4, 0.5) is 0 Å². The van der Waals surface area contributed by atoms with E-state index in [1.807, 2.05) is 18.2 Å². The summed E-state index contributed by atoms with van der Waals surface area (Å²) in [6, 6.07) is 5.85. The molecular weight excluding hydrogens is 286 g/mol. The molecule has 3 nitrogen and oxygen atoms in total. The molecule has 1 aliphatic heterocycles. The van der Waals surface area contributed by atoms with Gasteiger partial charge < -0.3 is 14.8 Å². The molecule has 1 saturated heterocycles. The first kappa shape index (κ1) is 16.6. The maximum absolute atomic E-state index is 6.17. The van der Waals surface area contributed by atoms with Crippen molar-refractivity contribution in [2.24, 2.45) is 5.41 Å². The zero-order chi connectivity index (χ0) is 15.3. The molecule has 0 radical (unpaired) electrons. The average molecular weight is 312 g/mol. The Morgan fingerprint density at radius 3 is 2.90 bits per heavy atom. The fourth-order valence-corrected chi connectivity index (χ4v) is 3.32. The summed E-state index contributed by atoms with van der Waals surface area (Å²) >= 11 is 6.17. The van der Waals surface area contributed by atoms with Crippen LogP contribution in [0.1, 0.15) is 32.3 Å². The lowest BCUT2D eigenvalue weighted by atomic mass is 9.76. The van der Waals surface area contributed by atoms with Crippen molar-refractivity contribution in [3.63, 3.8) is 0 Å². The van der Waals surface area contributed by atoms with E-state index in [1.54, 1.807) is 7.11 Å². The fourth-order valence-electron chi connectivity index (χ4n) is 3.12. The van der Waals surface area contributed by atoms with Gasteiger partial charge in [-0.2, -0.15) is 0 Å². The molecule has 1 heterocycles. The van der Waals surface area contributed by atoms with Gasteiger partial charge in [0.05, 0.1) is 13.2 Å². The van der Waals surface area contributed by atoms with E-state index >= 15 is 0 Å². The smallest absolute Gasteiger partial charge is 0.122 e. The minimum absolute atomic E-state index is 0.118. The van der Waals surface area contributed by atoms with Crippen LogP contribution in [0, 0.1) is 5.41 Å². The van der Waals surface area contributed by atoms with Crippen LogP contribution >= 0.6 is 11.6 Å². The molecule has 1 aliphatic rings. The Bertz CT molecular complexity index is 466. The summed E-state index contributed by atoms with van der Waals surface area (Å²) < 4.78 is 11.4. The molecule has 21 heavy (non-hydrogen) atoms. The molecule has 118 valence electrons. The number of benzene rings is 1. The molecule has 0 bridgehead atoms. The largest absolute Gasteiger partial charge is 0.496 e. The highest BCUT2D eigenvalue weighted by Gasteiger charge is 2.41. The molecule has 0 spiro atoms. The molecule has 2 rings (SSSR count). The molecule has 1 N–H and O–H groups in total. The molecule has 1 aromatic carbocycles. The van der Waals surface area contributed by atoms with Crippen molar-refractivity contribution >= 4 is 11.6 Å². The summed E-state index contributed by atoms with van der Waals surface area (Å²) in [4.78, 5) is 0. The second-order valence-corrected chi connectivity index (χ2v) is 6.37. The van der Waals surface area contributed by atoms with E-state index in [2.05, 4.69) is 19.2 Å². The number of ether oxygens (including phenoxy) is 2. The highest BCUT2D eigenvalue weighted by Crippen LogP contribution is 2.40. The van der Waals surface area contributed by atoms with Crippen molar-refractivity contribution in [2.45, 2.75) is 39.2 Å². The summed E-state index contributed by atoms with van der Waals surface area (Å²) in [5.41, 5.74) is 1.29. The third kappa shape index (κ3) is 3.91. The summed E-state index contributed by atoms with van der Waals surface area (Å²) in [5, 5.41) is 4.33. The minimum Gasteiger partial charge on any atom is -0.496 e. The SMILES string of the molecule is CCCNCC1(Cc2cc(Cl)ccc2OC)CCOC1C. The number of nitrogens with one attached hydrogen (secondary N) is 1. The number of methoxy groups -OCH3 is 1. The highest BCUT2D eigenvalue weighted by molar-refractivity contribution is 6.30. The Morgan fingerprint density at radius 1 is 1.48 bits per heavy atom. The predicted octanol–water partition coefficient (Wildman–Crippen LogP) is 3.69. The Hall–Kier alpha value is -0.770. The minimum atomic E-state index is 0.118. The lowest BCUT2D eigenvalue weighted by molar-refractivity contribution is 0.0628. The lowest BCUT2D eigenvalue weighted by Gasteiger charge is -2.33. The van der Waals surface area contributed by atoms with Gasteiger partial charge in [-0.15, -0.1) is 0 Å². The zero-order valence-corrected chi connectivity index (χ0v) is 14.0. The number of rotatable bonds is 7. The highest BCUT2D eigenvalue weighted by atomic mass is 35.5. The molecule has 2 atom stereocenters. The van der Waals surface area contributed by atoms with Crippen molar-refractivity contribution in [1.82, 2.24) is 5.32 Å². The van der Waals surface area contributed by atoms with Crippen LogP contribution in [0.15, 0.2) is 18.2 Å². The van der Waals surface area contributed by atoms with E-state index in [4.69, 9.17) is 21.1 Å². The van der Waals surface area contributed by atoms with E-state index < -0.39 is 0 Å². The van der Waals surface area contributed by atoms with E-state index in [1.165, 1.54) is 5.56 Å². The summed E-state index contributed by atoms with van der Waals surface area (Å²) in [5.74, 6) is 0.911. The van der Waals surface area contributed by atoms with Gasteiger partial charge in [-0.25, -0.2) is 0 Å². The van der Waals surface area contributed by atoms with E-state index in [-0.39, 0.29) is 11.5 Å². The average Bonchev–Trinajstić information content (AvgIpc) is 2.81. The summed E-state index contributed by atoms with van der Waals surface area (Å²) in [7, 11) is 1.71. The first-order chi connectivity index (χ1) is 10.1. The van der Waals surface area contributed by atoms with Crippen molar-refractivity contribution in [3.8, 4) is 5.75 Å². The standard InChI is InChI=1S/C17H26ClNO2/c1-4-8-19-12-17(7-9-21-13(17)2)11-14-10-15(18)5-6-16(14)20-3/h5-6,10,13,19H,4,7-9,11-12H2,1-3H3. The van der Waals surface area contributed by atoms with Crippen LogP contribution in [0.5, 0.6) is 5.75 Å². The molecule has 0 saturated carbocycles. The molecule has 0 amide bonds. The van der Waals surface area contributed by atoms with Gasteiger partial charge in [0.15, 0.2) is 0 Å². The van der Waals surface area contributed by atoms with Crippen molar-refractivity contribution in [2.75, 3.05) is 26.8 Å². The monoisotopic (exact) mass is 311 g/mol. The number of hydrogen-bond donors (Lipinski definition) is 1. The second kappa shape index (κ2) is 7.48. The van der Waals surface area contributed by atoms with Crippen LogP contribution in [0.2, 0.25) is 5.02 Å². The molecule has 4 heteroatoms. The quantitative estimate of drug-likeness (QED) is 0.779. The van der Waals surface area contributed by atoms with Crippen LogP contribution in [-0.4, -0.2) is 32.9 Å². The molecule has 1 fully saturated rings. The van der Waals surface area contributed by atoms with Crippen LogP contribution in [0.25, 0.3) is 0 Å². The normalized spacial score (nSPS) is 25.2. The Kier molecular flexibility index (Phi) is 5.91. The third-order valence-corrected chi connectivity index (χ3v) is 4.75. The molecule has 0 aromatic heterocycles. The van der Waals surface area contributed by atoms with Gasteiger partial charge in [-0.3, -0.25) is 0 Å². The van der Waals surface area contributed by atoms with Gasteiger partial charge in [-0.05, 0) is 56.5 Å². The molecular formula is C17H26ClNO2. The molecule has 2 unspecified atom stereocenters. The fraction of sp³-hybridized carbons (Fsp3) is 0.647. The lowest BCUT2D eigenvalue weighted by Crippen LogP contribution is -2.41. The summed E-state index contributed by atoms with van der Waals surface area (Å²) in [6.45, 7) is 7.21. The molecule has 0 aliphatic carbocycles. The zero-order valence-electron chi connectivity index (χ0n) is 13.2. The van der Waals surface area contributed by atoms with Crippen molar-refractivity contribution in [1.29, 1.82) is 0 Å². The Labute approximate surface area is 133 Å². The van der Waals surface area contributed by atoms with Crippen LogP contribution in [0.3, 0.4) is 0 Å². The maximum Gasteiger partial charge on any atom is 0.122 e. The number of halogens is 1. The van der Waals surface area contributed by atoms with E-state index in [0.717, 1.165) is 49.7 Å². The molecule has 1 aromatic rings. The van der Waals surface area contributed by atoms with Gasteiger partial charge in [0.1, 0.15) is 5.75 Å². The third-order valence-electron chi connectivity index (χ3n) is 4.52. The van der Waals surface area contributed by atoms with Gasteiger partial charge in [0, 0.05) is 23.6 Å². The van der Waals surface area contributed by atoms with Gasteiger partial charge in [0.25, 0.3) is 0 Å². The first-order valence-corrected chi connectivity index (χ1v) is 8.14. The first-order valence-electron chi connectivity index (χ1n) is 7.76. The number of hydrogen-bond acceptors (Lipinski definition) is 3. The second-order valence-electron chi connectivity index (χ2n) is 5.94. The van der Waals surface area contributed by atoms with Crippen molar-refractivity contribution < 1.29 is 9.47 Å². The van der Waals surface area contributed by atoms with Gasteiger partial charge in [0.2, 0.25) is 0 Å². The van der Waals surface area contributed by atoms with Crippen LogP contribution in [-0.2, 0) is 11.2 Å². The van der Waals surface area contributed by atoms with E-state index in [0.29, 0.717) is 0 Å². The van der Waals surface area contributed by atoms with Gasteiger partial charge in [-0.1, -0.05) is 18.5 Å². The van der Waals surface area contributed by atoms with Crippen molar-refractivity contribution in [3.05, 3.63) is 28.8 Å². The maximum atomic E-state index is 6.17. The summed E-state index contributed by atoms with van der Waals surface area (Å²) in [6.07, 6.45) is 3.38. The topological polar surface area (TPSA) is 30.5 Å². The van der Waals surface area contributed by atoms with Gasteiger partial charge >= 0.3 is 0 Å². The van der Waals surface area contributed by atoms with E-state index in [9.17, 15) is 0 Å². The Balaban J connectivity index is 2.20.